The monoisotopic (exact) mass is 387 g/mol. The summed E-state index contributed by atoms with van der Waals surface area (Å²) < 4.78 is 18.0. The highest BCUT2D eigenvalue weighted by atomic mass is 32.2. The number of amides is 1. The van der Waals surface area contributed by atoms with Crippen molar-refractivity contribution in [1.82, 2.24) is 0 Å². The lowest BCUT2D eigenvalue weighted by Crippen LogP contribution is -2.31. The van der Waals surface area contributed by atoms with Gasteiger partial charge < -0.3 is 10.1 Å². The van der Waals surface area contributed by atoms with E-state index < -0.39 is 16.0 Å². The van der Waals surface area contributed by atoms with Crippen molar-refractivity contribution in [3.05, 3.63) is 59.7 Å². The van der Waals surface area contributed by atoms with Gasteiger partial charge in [0.1, 0.15) is 11.0 Å². The van der Waals surface area contributed by atoms with E-state index in [0.29, 0.717) is 18.0 Å². The highest BCUT2D eigenvalue weighted by Crippen LogP contribution is 2.23. The first kappa shape index (κ1) is 21.2. The maximum atomic E-state index is 12.4. The molecule has 2 atom stereocenters. The molecule has 4 nitrogen and oxygen atoms in total. The van der Waals surface area contributed by atoms with Gasteiger partial charge in [0, 0.05) is 16.5 Å². The summed E-state index contributed by atoms with van der Waals surface area (Å²) in [6.07, 6.45) is 0. The Hall–Kier alpha value is -2.14. The minimum Gasteiger partial charge on any atom is -0.493 e. The van der Waals surface area contributed by atoms with E-state index in [-0.39, 0.29) is 11.3 Å². The number of ether oxygens (including phenoxy) is 1. The summed E-state index contributed by atoms with van der Waals surface area (Å²) in [5.41, 5.74) is 3.09. The smallest absolute Gasteiger partial charge is 0.239 e. The second kappa shape index (κ2) is 9.18. The third-order valence-electron chi connectivity index (χ3n) is 4.32. The molecule has 0 saturated carbocycles. The number of carbonyl (C=O) groups excluding carboxylic acids is 1. The predicted molar refractivity (Wildman–Crippen MR) is 113 cm³/mol. The van der Waals surface area contributed by atoms with E-state index in [1.54, 1.807) is 6.92 Å². The molecule has 1 N–H and O–H groups in total. The van der Waals surface area contributed by atoms with E-state index in [2.05, 4.69) is 26.1 Å². The zero-order chi connectivity index (χ0) is 20.0. The first-order chi connectivity index (χ1) is 12.7. The van der Waals surface area contributed by atoms with Crippen LogP contribution in [0.4, 0.5) is 5.69 Å². The van der Waals surface area contributed by atoms with E-state index >= 15 is 0 Å². The van der Waals surface area contributed by atoms with Crippen LogP contribution in [-0.2, 0) is 21.0 Å². The van der Waals surface area contributed by atoms with Crippen LogP contribution in [0, 0.1) is 6.92 Å². The van der Waals surface area contributed by atoms with Crippen LogP contribution >= 0.6 is 0 Å². The van der Waals surface area contributed by atoms with Crippen molar-refractivity contribution in [1.29, 1.82) is 0 Å². The van der Waals surface area contributed by atoms with Gasteiger partial charge in [-0.25, -0.2) is 0 Å². The highest BCUT2D eigenvalue weighted by Gasteiger charge is 2.20. The fraction of sp³-hybridized carbons (Fsp3) is 0.409. The molecule has 0 heterocycles. The Kier molecular flexibility index (Phi) is 7.19. The molecule has 5 heteroatoms. The molecule has 0 aliphatic carbocycles. The SMILES string of the molecule is Cc1cccc(OCC[S@](=O)[C@@H](C)C(=O)Nc2ccc(C(C)(C)C)cc2)c1. The predicted octanol–water partition coefficient (Wildman–Crippen LogP) is 4.45. The Labute approximate surface area is 164 Å². The first-order valence-electron chi connectivity index (χ1n) is 9.15. The fourth-order valence-electron chi connectivity index (χ4n) is 2.54. The number of aryl methyl sites for hydroxylation is 1. The third kappa shape index (κ3) is 6.51. The van der Waals surface area contributed by atoms with Gasteiger partial charge in [0.15, 0.2) is 0 Å². The Balaban J connectivity index is 1.84. The van der Waals surface area contributed by atoms with Gasteiger partial charge in [0.2, 0.25) is 5.91 Å². The maximum absolute atomic E-state index is 12.4. The average molecular weight is 388 g/mol. The molecular formula is C22H29NO3S. The minimum absolute atomic E-state index is 0.0641. The molecule has 0 radical (unpaired) electrons. The van der Waals surface area contributed by atoms with E-state index in [9.17, 15) is 9.00 Å². The van der Waals surface area contributed by atoms with E-state index in [1.165, 1.54) is 5.56 Å². The lowest BCUT2D eigenvalue weighted by molar-refractivity contribution is -0.115. The molecule has 0 spiro atoms. The number of carbonyl (C=O) groups is 1. The summed E-state index contributed by atoms with van der Waals surface area (Å²) in [5.74, 6) is 0.821. The average Bonchev–Trinajstić information content (AvgIpc) is 2.60. The molecule has 0 bridgehead atoms. The maximum Gasteiger partial charge on any atom is 0.239 e. The van der Waals surface area contributed by atoms with E-state index in [1.807, 2.05) is 55.5 Å². The zero-order valence-corrected chi connectivity index (χ0v) is 17.6. The van der Waals surface area contributed by atoms with Gasteiger partial charge in [-0.3, -0.25) is 9.00 Å². The molecule has 2 aromatic carbocycles. The Morgan fingerprint density at radius 2 is 1.81 bits per heavy atom. The normalized spacial score (nSPS) is 13.7. The molecule has 146 valence electrons. The summed E-state index contributed by atoms with van der Waals surface area (Å²) in [4.78, 5) is 12.4. The van der Waals surface area contributed by atoms with Crippen LogP contribution in [0.25, 0.3) is 0 Å². The molecule has 0 unspecified atom stereocenters. The Bertz CT molecular complexity index is 794. The van der Waals surface area contributed by atoms with Crippen molar-refractivity contribution in [3.8, 4) is 5.75 Å². The van der Waals surface area contributed by atoms with Gasteiger partial charge in [0.25, 0.3) is 0 Å². The molecule has 0 aliphatic rings. The van der Waals surface area contributed by atoms with Gasteiger partial charge in [-0.2, -0.15) is 0 Å². The van der Waals surface area contributed by atoms with Crippen molar-refractivity contribution in [2.24, 2.45) is 0 Å². The first-order valence-corrected chi connectivity index (χ1v) is 10.5. The number of hydrogen-bond donors (Lipinski definition) is 1. The molecule has 0 fully saturated rings. The van der Waals surface area contributed by atoms with Crippen LogP contribution in [0.15, 0.2) is 48.5 Å². The summed E-state index contributed by atoms with van der Waals surface area (Å²) in [5, 5.41) is 2.24. The van der Waals surface area contributed by atoms with Crippen molar-refractivity contribution in [2.45, 2.75) is 45.3 Å². The second-order valence-electron chi connectivity index (χ2n) is 7.71. The number of hydrogen-bond acceptors (Lipinski definition) is 3. The number of benzene rings is 2. The summed E-state index contributed by atoms with van der Waals surface area (Å²) in [7, 11) is -1.30. The van der Waals surface area contributed by atoms with Gasteiger partial charge in [-0.1, -0.05) is 45.0 Å². The van der Waals surface area contributed by atoms with Crippen LogP contribution in [-0.4, -0.2) is 27.7 Å². The quantitative estimate of drug-likeness (QED) is 0.764. The van der Waals surface area contributed by atoms with Gasteiger partial charge in [0.05, 0.1) is 12.4 Å². The molecule has 0 aliphatic heterocycles. The van der Waals surface area contributed by atoms with Crippen LogP contribution in [0.3, 0.4) is 0 Å². The molecule has 1 amide bonds. The van der Waals surface area contributed by atoms with Crippen LogP contribution < -0.4 is 10.1 Å². The van der Waals surface area contributed by atoms with Crippen LogP contribution in [0.2, 0.25) is 0 Å². The third-order valence-corrected chi connectivity index (χ3v) is 5.90. The number of rotatable bonds is 7. The molecule has 27 heavy (non-hydrogen) atoms. The lowest BCUT2D eigenvalue weighted by Gasteiger charge is -2.19. The summed E-state index contributed by atoms with van der Waals surface area (Å²) >= 11 is 0. The summed E-state index contributed by atoms with van der Waals surface area (Å²) in [6.45, 7) is 10.4. The second-order valence-corrected chi connectivity index (χ2v) is 9.59. The minimum atomic E-state index is -1.30. The van der Waals surface area contributed by atoms with Crippen molar-refractivity contribution >= 4 is 22.4 Å². The largest absolute Gasteiger partial charge is 0.493 e. The molecule has 2 aromatic rings. The van der Waals surface area contributed by atoms with Gasteiger partial charge in [-0.05, 0) is 54.7 Å². The Morgan fingerprint density at radius 1 is 1.15 bits per heavy atom. The van der Waals surface area contributed by atoms with Crippen molar-refractivity contribution < 1.29 is 13.7 Å². The summed E-state index contributed by atoms with van der Waals surface area (Å²) in [6, 6.07) is 15.5. The Morgan fingerprint density at radius 3 is 2.41 bits per heavy atom. The van der Waals surface area contributed by atoms with Crippen molar-refractivity contribution in [2.75, 3.05) is 17.7 Å². The highest BCUT2D eigenvalue weighted by molar-refractivity contribution is 7.86. The van der Waals surface area contributed by atoms with Crippen LogP contribution in [0.5, 0.6) is 5.75 Å². The lowest BCUT2D eigenvalue weighted by atomic mass is 9.87. The number of anilines is 1. The van der Waals surface area contributed by atoms with E-state index in [0.717, 1.165) is 11.3 Å². The number of nitrogens with one attached hydrogen (secondary N) is 1. The van der Waals surface area contributed by atoms with Crippen LogP contribution in [0.1, 0.15) is 38.8 Å². The molecule has 0 saturated heterocycles. The zero-order valence-electron chi connectivity index (χ0n) is 16.7. The molecule has 2 rings (SSSR count). The van der Waals surface area contributed by atoms with Gasteiger partial charge in [-0.15, -0.1) is 0 Å². The van der Waals surface area contributed by atoms with Crippen molar-refractivity contribution in [3.63, 3.8) is 0 Å². The fourth-order valence-corrected chi connectivity index (χ4v) is 3.44. The topological polar surface area (TPSA) is 55.4 Å². The van der Waals surface area contributed by atoms with Gasteiger partial charge >= 0.3 is 0 Å². The standard InChI is InChI=1S/C22H29NO3S/c1-16-7-6-8-20(15-16)26-13-14-27(25)17(2)21(24)23-19-11-9-18(10-12-19)22(3,4)5/h6-12,15,17H,13-14H2,1-5H3,(H,23,24)/t17-,27-/m0/s1. The van der Waals surface area contributed by atoms with E-state index in [4.69, 9.17) is 4.74 Å². The molecular weight excluding hydrogens is 358 g/mol. The molecule has 0 aromatic heterocycles.